The molecule has 10 nitrogen and oxygen atoms in total. The Morgan fingerprint density at radius 1 is 1.08 bits per heavy atom. The van der Waals surface area contributed by atoms with Crippen LogP contribution in [0.3, 0.4) is 0 Å². The molecule has 0 atom stereocenters. The van der Waals surface area contributed by atoms with E-state index in [0.29, 0.717) is 28.8 Å². The van der Waals surface area contributed by atoms with Gasteiger partial charge in [0.2, 0.25) is 0 Å². The van der Waals surface area contributed by atoms with E-state index >= 15 is 0 Å². The van der Waals surface area contributed by atoms with Gasteiger partial charge in [0.15, 0.2) is 5.82 Å². The van der Waals surface area contributed by atoms with Crippen molar-refractivity contribution in [3.63, 3.8) is 0 Å². The summed E-state index contributed by atoms with van der Waals surface area (Å²) < 4.78 is 11.8. The zero-order valence-electron chi connectivity index (χ0n) is 13.5. The molecule has 0 saturated heterocycles. The van der Waals surface area contributed by atoms with Gasteiger partial charge in [-0.15, -0.1) is 0 Å². The van der Waals surface area contributed by atoms with Crippen molar-refractivity contribution in [2.75, 3.05) is 24.9 Å². The maximum atomic E-state index is 12.2. The molecule has 3 aromatic rings. The lowest BCUT2D eigenvalue weighted by molar-refractivity contribution is 0.262. The second-order valence-corrected chi connectivity index (χ2v) is 4.75. The topological polar surface area (TPSA) is 116 Å². The lowest BCUT2D eigenvalue weighted by atomic mass is 10.2. The number of rotatable bonds is 5. The minimum atomic E-state index is -0.491. The fourth-order valence-corrected chi connectivity index (χ4v) is 2.05. The molecule has 0 aliphatic carbocycles. The molecule has 0 aliphatic heterocycles. The van der Waals surface area contributed by atoms with Crippen molar-refractivity contribution in [1.82, 2.24) is 24.7 Å². The van der Waals surface area contributed by atoms with Crippen LogP contribution in [0.1, 0.15) is 0 Å². The van der Waals surface area contributed by atoms with Gasteiger partial charge < -0.3 is 14.8 Å². The largest absolute Gasteiger partial charge is 0.497 e. The zero-order chi connectivity index (χ0) is 17.6. The monoisotopic (exact) mass is 341 g/mol. The van der Waals surface area contributed by atoms with Crippen LogP contribution in [0.5, 0.6) is 11.5 Å². The highest BCUT2D eigenvalue weighted by Crippen LogP contribution is 2.28. The molecule has 25 heavy (non-hydrogen) atoms. The van der Waals surface area contributed by atoms with Crippen LogP contribution in [0.25, 0.3) is 5.82 Å². The number of urea groups is 1. The quantitative estimate of drug-likeness (QED) is 0.725. The molecular weight excluding hydrogens is 326 g/mol. The predicted octanol–water partition coefficient (Wildman–Crippen LogP) is 1.72. The Morgan fingerprint density at radius 3 is 2.68 bits per heavy atom. The van der Waals surface area contributed by atoms with Crippen molar-refractivity contribution >= 4 is 17.5 Å². The number of nitrogens with zero attached hydrogens (tertiary/aromatic N) is 5. The fourth-order valence-electron chi connectivity index (χ4n) is 2.05. The number of hydrogen-bond donors (Lipinski definition) is 2. The molecule has 2 aromatic heterocycles. The molecule has 128 valence electrons. The molecule has 0 fully saturated rings. The number of nitrogens with one attached hydrogen (secondary N) is 2. The normalized spacial score (nSPS) is 10.2. The van der Waals surface area contributed by atoms with E-state index in [1.807, 2.05) is 0 Å². The molecule has 3 rings (SSSR count). The van der Waals surface area contributed by atoms with Gasteiger partial charge in [-0.25, -0.2) is 24.4 Å². The summed E-state index contributed by atoms with van der Waals surface area (Å²) in [6.45, 7) is 0. The van der Waals surface area contributed by atoms with E-state index in [1.165, 1.54) is 37.9 Å². The van der Waals surface area contributed by atoms with E-state index in [-0.39, 0.29) is 0 Å². The number of benzene rings is 1. The van der Waals surface area contributed by atoms with Gasteiger partial charge in [0.25, 0.3) is 0 Å². The molecule has 0 bridgehead atoms. The maximum absolute atomic E-state index is 12.2. The van der Waals surface area contributed by atoms with Gasteiger partial charge >= 0.3 is 6.03 Å². The van der Waals surface area contributed by atoms with Crippen LogP contribution in [0.2, 0.25) is 0 Å². The Hall–Kier alpha value is -3.69. The van der Waals surface area contributed by atoms with Crippen LogP contribution in [0, 0.1) is 0 Å². The van der Waals surface area contributed by atoms with E-state index in [1.54, 1.807) is 24.3 Å². The molecule has 0 spiro atoms. The standard InChI is InChI=1S/C15H15N7O3/c1-24-10-3-4-12(25-2)11(5-10)20-15(23)21-13-6-14(18-8-17-13)22-9-16-7-19-22/h3-9H,1-2H3,(H2,17,18,20,21,23). The van der Waals surface area contributed by atoms with E-state index in [4.69, 9.17) is 9.47 Å². The van der Waals surface area contributed by atoms with E-state index in [9.17, 15) is 4.79 Å². The number of methoxy groups -OCH3 is 2. The molecule has 0 aliphatic rings. The van der Waals surface area contributed by atoms with Crippen LogP contribution in [0.4, 0.5) is 16.3 Å². The minimum Gasteiger partial charge on any atom is -0.497 e. The molecule has 0 radical (unpaired) electrons. The Balaban J connectivity index is 1.74. The zero-order valence-corrected chi connectivity index (χ0v) is 13.5. The minimum absolute atomic E-state index is 0.305. The predicted molar refractivity (Wildman–Crippen MR) is 89.1 cm³/mol. The highest BCUT2D eigenvalue weighted by molar-refractivity contribution is 6.00. The Morgan fingerprint density at radius 2 is 1.96 bits per heavy atom. The van der Waals surface area contributed by atoms with Gasteiger partial charge in [-0.05, 0) is 12.1 Å². The van der Waals surface area contributed by atoms with Crippen molar-refractivity contribution in [3.8, 4) is 17.3 Å². The summed E-state index contributed by atoms with van der Waals surface area (Å²) in [6.07, 6.45) is 4.20. The number of aromatic nitrogens is 5. The SMILES string of the molecule is COc1ccc(OC)c(NC(=O)Nc2cc(-n3cncn3)ncn2)c1. The third-order valence-corrected chi connectivity index (χ3v) is 3.20. The summed E-state index contributed by atoms with van der Waals surface area (Å²) in [6, 6.07) is 6.16. The number of carbonyl (C=O) groups excluding carboxylic acids is 1. The summed E-state index contributed by atoms with van der Waals surface area (Å²) in [4.78, 5) is 24.2. The van der Waals surface area contributed by atoms with Crippen LogP contribution in [-0.4, -0.2) is 45.0 Å². The maximum Gasteiger partial charge on any atom is 0.324 e. The summed E-state index contributed by atoms with van der Waals surface area (Å²) in [5.74, 6) is 1.87. The first-order chi connectivity index (χ1) is 12.2. The Bertz CT molecular complexity index is 867. The van der Waals surface area contributed by atoms with Crippen molar-refractivity contribution in [2.45, 2.75) is 0 Å². The van der Waals surface area contributed by atoms with E-state index in [0.717, 1.165) is 0 Å². The highest BCUT2D eigenvalue weighted by atomic mass is 16.5. The smallest absolute Gasteiger partial charge is 0.324 e. The molecule has 2 heterocycles. The van der Waals surface area contributed by atoms with Gasteiger partial charge in [-0.2, -0.15) is 5.10 Å². The first-order valence-electron chi connectivity index (χ1n) is 7.16. The van der Waals surface area contributed by atoms with E-state index < -0.39 is 6.03 Å². The van der Waals surface area contributed by atoms with E-state index in [2.05, 4.69) is 30.7 Å². The molecule has 2 N–H and O–H groups in total. The van der Waals surface area contributed by atoms with Gasteiger partial charge in [0.1, 0.15) is 36.3 Å². The number of hydrogen-bond acceptors (Lipinski definition) is 7. The second kappa shape index (κ2) is 7.25. The van der Waals surface area contributed by atoms with Crippen LogP contribution in [0.15, 0.2) is 43.2 Å². The summed E-state index contributed by atoms with van der Waals surface area (Å²) >= 11 is 0. The lowest BCUT2D eigenvalue weighted by Gasteiger charge is -2.12. The number of ether oxygens (including phenoxy) is 2. The fraction of sp³-hybridized carbons (Fsp3) is 0.133. The van der Waals surface area contributed by atoms with Crippen molar-refractivity contribution in [2.24, 2.45) is 0 Å². The average Bonchev–Trinajstić information content (AvgIpc) is 3.16. The second-order valence-electron chi connectivity index (χ2n) is 4.75. The molecule has 2 amide bonds. The summed E-state index contributed by atoms with van der Waals surface area (Å²) in [7, 11) is 3.05. The summed E-state index contributed by atoms with van der Waals surface area (Å²) in [5.41, 5.74) is 0.463. The first-order valence-corrected chi connectivity index (χ1v) is 7.16. The molecule has 1 aromatic carbocycles. The van der Waals surface area contributed by atoms with Gasteiger partial charge in [-0.3, -0.25) is 5.32 Å². The van der Waals surface area contributed by atoms with Crippen molar-refractivity contribution < 1.29 is 14.3 Å². The number of amides is 2. The lowest BCUT2D eigenvalue weighted by Crippen LogP contribution is -2.20. The number of carbonyl (C=O) groups is 1. The Kier molecular flexibility index (Phi) is 4.69. The van der Waals surface area contributed by atoms with Crippen LogP contribution < -0.4 is 20.1 Å². The number of anilines is 2. The third-order valence-electron chi connectivity index (χ3n) is 3.20. The average molecular weight is 341 g/mol. The third kappa shape index (κ3) is 3.80. The summed E-state index contributed by atoms with van der Waals surface area (Å²) in [5, 5.41) is 9.28. The first kappa shape index (κ1) is 16.2. The molecule has 0 unspecified atom stereocenters. The molecule has 0 saturated carbocycles. The van der Waals surface area contributed by atoms with Crippen molar-refractivity contribution in [1.29, 1.82) is 0 Å². The van der Waals surface area contributed by atoms with Crippen LogP contribution in [-0.2, 0) is 0 Å². The van der Waals surface area contributed by atoms with Crippen LogP contribution >= 0.6 is 0 Å². The Labute approximate surface area is 142 Å². The highest BCUT2D eigenvalue weighted by Gasteiger charge is 2.10. The molecular formula is C15H15N7O3. The van der Waals surface area contributed by atoms with Gasteiger partial charge in [0.05, 0.1) is 19.9 Å². The molecule has 10 heteroatoms. The van der Waals surface area contributed by atoms with Gasteiger partial charge in [0, 0.05) is 12.1 Å². The van der Waals surface area contributed by atoms with Crippen molar-refractivity contribution in [3.05, 3.63) is 43.2 Å². The van der Waals surface area contributed by atoms with Gasteiger partial charge in [-0.1, -0.05) is 0 Å².